The number of hydrogen-bond donors (Lipinski definition) is 0. The monoisotopic (exact) mass is 1440 g/mol. The lowest BCUT2D eigenvalue weighted by Crippen LogP contribution is -2.37. The van der Waals surface area contributed by atoms with E-state index in [4.69, 9.17) is 18.5 Å². The first-order valence-electron chi connectivity index (χ1n) is 42.5. The third-order valence-corrected chi connectivity index (χ3v) is 19.3. The van der Waals surface area contributed by atoms with Crippen molar-refractivity contribution in [1.29, 1.82) is 0 Å². The predicted octanol–water partition coefficient (Wildman–Crippen LogP) is 28.2. The summed E-state index contributed by atoms with van der Waals surface area (Å²) in [7, 11) is 1.17. The van der Waals surface area contributed by atoms with Crippen LogP contribution in [0.5, 0.6) is 0 Å². The molecule has 0 aromatic heterocycles. The molecule has 586 valence electrons. The van der Waals surface area contributed by atoms with Crippen LogP contribution in [0.25, 0.3) is 0 Å². The lowest BCUT2D eigenvalue weighted by molar-refractivity contribution is -0.870. The minimum absolute atomic E-state index is 0.0326. The highest BCUT2D eigenvalue weighted by molar-refractivity contribution is 7.45. The number of carbonyl (C=O) groups is 2. The van der Waals surface area contributed by atoms with Gasteiger partial charge in [0.15, 0.2) is 6.10 Å². The lowest BCUT2D eigenvalue weighted by Gasteiger charge is -2.28. The fraction of sp³-hybridized carbons (Fsp3) is 0.717. The van der Waals surface area contributed by atoms with Crippen molar-refractivity contribution in [2.75, 3.05) is 47.5 Å². The van der Waals surface area contributed by atoms with Crippen LogP contribution in [0, 0.1) is 0 Å². The van der Waals surface area contributed by atoms with Gasteiger partial charge in [-0.1, -0.05) is 391 Å². The van der Waals surface area contributed by atoms with E-state index in [1.54, 1.807) is 0 Å². The zero-order valence-electron chi connectivity index (χ0n) is 67.0. The van der Waals surface area contributed by atoms with Gasteiger partial charge >= 0.3 is 11.9 Å². The summed E-state index contributed by atoms with van der Waals surface area (Å²) < 4.78 is 34.5. The second-order valence-corrected chi connectivity index (χ2v) is 30.8. The molecule has 0 amide bonds. The predicted molar refractivity (Wildman–Crippen MR) is 443 cm³/mol. The van der Waals surface area contributed by atoms with Gasteiger partial charge in [-0.05, 0) is 116 Å². The highest BCUT2D eigenvalue weighted by Crippen LogP contribution is 2.38. The summed E-state index contributed by atoms with van der Waals surface area (Å²) in [5.41, 5.74) is 0. The molecular formula is C92H160NO8P. The number of allylic oxidation sites excluding steroid dienone is 24. The maximum Gasteiger partial charge on any atom is 0.306 e. The van der Waals surface area contributed by atoms with Crippen molar-refractivity contribution in [3.05, 3.63) is 146 Å². The second-order valence-electron chi connectivity index (χ2n) is 29.4. The third kappa shape index (κ3) is 84.8. The number of nitrogens with zero attached hydrogens (tertiary/aromatic N) is 1. The van der Waals surface area contributed by atoms with Crippen LogP contribution < -0.4 is 4.89 Å². The van der Waals surface area contributed by atoms with Gasteiger partial charge in [0.05, 0.1) is 27.7 Å². The first-order valence-corrected chi connectivity index (χ1v) is 44.0. The summed E-state index contributed by atoms with van der Waals surface area (Å²) in [6, 6.07) is 0. The first kappa shape index (κ1) is 97.9. The molecule has 0 fully saturated rings. The average molecular weight is 1440 g/mol. The summed E-state index contributed by atoms with van der Waals surface area (Å²) in [5, 5.41) is 0. The third-order valence-electron chi connectivity index (χ3n) is 18.4. The number of hydrogen-bond acceptors (Lipinski definition) is 8. The van der Waals surface area contributed by atoms with Crippen LogP contribution in [0.15, 0.2) is 146 Å². The van der Waals surface area contributed by atoms with E-state index >= 15 is 0 Å². The molecule has 0 aromatic rings. The molecule has 0 saturated carbocycles. The Hall–Kier alpha value is -4.11. The Kier molecular flexibility index (Phi) is 77.7. The van der Waals surface area contributed by atoms with Crippen molar-refractivity contribution < 1.29 is 42.1 Å². The zero-order valence-corrected chi connectivity index (χ0v) is 67.9. The molecule has 0 aliphatic heterocycles. The number of phosphoric ester groups is 1. The fourth-order valence-electron chi connectivity index (χ4n) is 12.0. The number of ether oxygens (including phenoxy) is 2. The number of unbranched alkanes of at least 4 members (excludes halogenated alkanes) is 40. The Balaban J connectivity index is 3.92. The van der Waals surface area contributed by atoms with Gasteiger partial charge in [-0.15, -0.1) is 0 Å². The van der Waals surface area contributed by atoms with Crippen molar-refractivity contribution in [2.24, 2.45) is 0 Å². The topological polar surface area (TPSA) is 111 Å². The Morgan fingerprint density at radius 2 is 0.529 bits per heavy atom. The lowest BCUT2D eigenvalue weighted by atomic mass is 10.0. The summed E-state index contributed by atoms with van der Waals surface area (Å²) in [6.45, 7) is 4.05. The molecule has 2 atom stereocenters. The normalized spacial score (nSPS) is 13.7. The van der Waals surface area contributed by atoms with Gasteiger partial charge in [0, 0.05) is 12.8 Å². The molecule has 0 aliphatic rings. The van der Waals surface area contributed by atoms with Gasteiger partial charge in [0.1, 0.15) is 19.8 Å². The molecule has 9 nitrogen and oxygen atoms in total. The quantitative estimate of drug-likeness (QED) is 0.0195. The van der Waals surface area contributed by atoms with Crippen LogP contribution in [0.4, 0.5) is 0 Å². The highest BCUT2D eigenvalue weighted by atomic mass is 31.2. The molecule has 0 rings (SSSR count). The molecule has 0 radical (unpaired) electrons. The first-order chi connectivity index (χ1) is 50.0. The molecule has 0 heterocycles. The van der Waals surface area contributed by atoms with E-state index in [1.807, 2.05) is 21.1 Å². The number of rotatable bonds is 78. The van der Waals surface area contributed by atoms with E-state index in [2.05, 4.69) is 160 Å². The minimum atomic E-state index is -4.65. The minimum Gasteiger partial charge on any atom is -0.756 e. The van der Waals surface area contributed by atoms with Crippen LogP contribution in [-0.2, 0) is 32.7 Å². The van der Waals surface area contributed by atoms with E-state index < -0.39 is 26.5 Å². The smallest absolute Gasteiger partial charge is 0.306 e. The van der Waals surface area contributed by atoms with E-state index in [-0.39, 0.29) is 32.0 Å². The Bertz CT molecular complexity index is 2240. The summed E-state index contributed by atoms with van der Waals surface area (Å²) >= 11 is 0. The fourth-order valence-corrected chi connectivity index (χ4v) is 12.7. The molecule has 0 saturated heterocycles. The van der Waals surface area contributed by atoms with Crippen LogP contribution in [-0.4, -0.2) is 70.0 Å². The molecule has 0 aliphatic carbocycles. The molecule has 0 aromatic carbocycles. The van der Waals surface area contributed by atoms with Gasteiger partial charge < -0.3 is 27.9 Å². The molecule has 102 heavy (non-hydrogen) atoms. The van der Waals surface area contributed by atoms with Crippen molar-refractivity contribution >= 4 is 19.8 Å². The zero-order chi connectivity index (χ0) is 74.0. The van der Waals surface area contributed by atoms with Crippen LogP contribution in [0.2, 0.25) is 0 Å². The van der Waals surface area contributed by atoms with Crippen LogP contribution >= 0.6 is 7.82 Å². The number of quaternary nitrogens is 1. The average Bonchev–Trinajstić information content (AvgIpc) is 0.916. The second kappa shape index (κ2) is 81.0. The standard InChI is InChI=1S/C92H160NO8P/c1-6-8-10-12-14-16-18-20-22-24-26-28-30-32-34-36-38-40-42-44-45-46-47-49-51-53-55-57-59-61-63-65-67-69-71-73-75-77-79-81-83-85-92(95)101-90(89-100-102(96,97)99-87-86-93(3,4)5)88-98-91(94)84-82-80-78-76-74-72-70-68-66-64-62-60-58-56-54-52-50-48-43-41-39-37-35-33-31-29-27-25-23-21-19-17-15-13-11-9-7-2/h8-11,14-17,20-23,26-29,32-35,38-41,90H,6-7,12-13,18-19,24-25,30-31,36-37,42-89H2,1-5H3/b10-8-,11-9-,16-14-,17-15-,22-20-,23-21-,28-26-,29-27-,34-32-,35-33-,40-38-,41-39-. The van der Waals surface area contributed by atoms with Crippen molar-refractivity contribution in [2.45, 2.75) is 380 Å². The maximum absolute atomic E-state index is 12.9. The maximum atomic E-state index is 12.9. The molecule has 0 spiro atoms. The SMILES string of the molecule is CC/C=C\C/C=C\C/C=C\C/C=C\C/C=C\C/C=C\CCCCCCCCCCCCCCCCCCCCCCCCC(=O)OC(COC(=O)CCCCCCCCCCCCCCCCCCCC/C=C\C/C=C\C/C=C\C/C=C\C/C=C\C/C=C\CC)COP(=O)([O-])OCC[N+](C)(C)C. The van der Waals surface area contributed by atoms with Crippen molar-refractivity contribution in [3.63, 3.8) is 0 Å². The van der Waals surface area contributed by atoms with Gasteiger partial charge in [0.25, 0.3) is 7.82 Å². The van der Waals surface area contributed by atoms with E-state index in [0.717, 1.165) is 116 Å². The Labute approximate surface area is 631 Å². The van der Waals surface area contributed by atoms with E-state index in [9.17, 15) is 19.0 Å². The number of esters is 2. The van der Waals surface area contributed by atoms with Gasteiger partial charge in [-0.3, -0.25) is 14.2 Å². The van der Waals surface area contributed by atoms with Gasteiger partial charge in [-0.25, -0.2) is 0 Å². The Morgan fingerprint density at radius 1 is 0.304 bits per heavy atom. The molecule has 2 unspecified atom stereocenters. The number of phosphoric acid groups is 1. The summed E-state index contributed by atoms with van der Waals surface area (Å²) in [4.78, 5) is 38.2. The van der Waals surface area contributed by atoms with Crippen LogP contribution in [0.1, 0.15) is 373 Å². The molecule has 0 N–H and O–H groups in total. The molecule has 0 bridgehead atoms. The number of carbonyl (C=O) groups excluding carboxylic acids is 2. The largest absolute Gasteiger partial charge is 0.756 e. The van der Waals surface area contributed by atoms with Crippen molar-refractivity contribution in [3.8, 4) is 0 Å². The number of likely N-dealkylation sites (N-methyl/N-ethyl adjacent to an activating group) is 1. The summed E-state index contributed by atoms with van der Waals surface area (Å²) in [5.74, 6) is -0.819. The molecule has 10 heteroatoms. The Morgan fingerprint density at radius 3 is 0.784 bits per heavy atom. The van der Waals surface area contributed by atoms with Gasteiger partial charge in [0.2, 0.25) is 0 Å². The van der Waals surface area contributed by atoms with E-state index in [1.165, 1.54) is 225 Å². The van der Waals surface area contributed by atoms with Gasteiger partial charge in [-0.2, -0.15) is 0 Å². The van der Waals surface area contributed by atoms with Crippen LogP contribution in [0.3, 0.4) is 0 Å². The van der Waals surface area contributed by atoms with Crippen molar-refractivity contribution in [1.82, 2.24) is 0 Å². The summed E-state index contributed by atoms with van der Waals surface area (Å²) in [6.07, 6.45) is 120. The molecular weight excluding hydrogens is 1280 g/mol. The highest BCUT2D eigenvalue weighted by Gasteiger charge is 2.22. The van der Waals surface area contributed by atoms with E-state index in [0.29, 0.717) is 17.4 Å².